The van der Waals surface area contributed by atoms with E-state index in [0.717, 1.165) is 11.1 Å². The van der Waals surface area contributed by atoms with Gasteiger partial charge in [-0.25, -0.2) is 4.79 Å². The van der Waals surface area contributed by atoms with Gasteiger partial charge in [-0.2, -0.15) is 0 Å². The molecule has 0 bridgehead atoms. The van der Waals surface area contributed by atoms with E-state index < -0.39 is 18.5 Å². The van der Waals surface area contributed by atoms with Gasteiger partial charge in [-0.15, -0.1) is 0 Å². The van der Waals surface area contributed by atoms with Crippen molar-refractivity contribution in [1.29, 1.82) is 0 Å². The molecule has 0 saturated carbocycles. The number of anilines is 1. The van der Waals surface area contributed by atoms with Crippen molar-refractivity contribution >= 4 is 35.2 Å². The van der Waals surface area contributed by atoms with Crippen molar-refractivity contribution in [3.63, 3.8) is 0 Å². The Kier molecular flexibility index (Phi) is 8.91. The molecule has 3 aromatic rings. The summed E-state index contributed by atoms with van der Waals surface area (Å²) >= 11 is 6.13. The van der Waals surface area contributed by atoms with Crippen molar-refractivity contribution in [1.82, 2.24) is 0 Å². The molecule has 0 saturated heterocycles. The minimum absolute atomic E-state index is 0.359. The Morgan fingerprint density at radius 3 is 2.42 bits per heavy atom. The van der Waals surface area contributed by atoms with E-state index in [2.05, 4.69) is 5.32 Å². The highest BCUT2D eigenvalue weighted by atomic mass is 35.5. The summed E-state index contributed by atoms with van der Waals surface area (Å²) in [5.74, 6) is 0.156. The lowest BCUT2D eigenvalue weighted by Crippen LogP contribution is -2.20. The summed E-state index contributed by atoms with van der Waals surface area (Å²) in [6, 6.07) is 21.8. The molecule has 1 amide bonds. The van der Waals surface area contributed by atoms with Gasteiger partial charge >= 0.3 is 5.97 Å². The quantitative estimate of drug-likeness (QED) is 0.315. The summed E-state index contributed by atoms with van der Waals surface area (Å²) in [5, 5.41) is 3.33. The highest BCUT2D eigenvalue weighted by molar-refractivity contribution is 6.31. The first-order chi connectivity index (χ1) is 16.0. The van der Waals surface area contributed by atoms with E-state index in [1.165, 1.54) is 6.08 Å². The second-order valence-electron chi connectivity index (χ2n) is 6.87. The summed E-state index contributed by atoms with van der Waals surface area (Å²) < 4.78 is 16.2. The molecular formula is C26H24ClNO5. The maximum absolute atomic E-state index is 12.1. The third kappa shape index (κ3) is 7.70. The third-order valence-electron chi connectivity index (χ3n) is 4.45. The molecule has 170 valence electrons. The van der Waals surface area contributed by atoms with Crippen LogP contribution >= 0.6 is 11.6 Å². The maximum Gasteiger partial charge on any atom is 0.331 e. The van der Waals surface area contributed by atoms with E-state index in [1.54, 1.807) is 36.4 Å². The van der Waals surface area contributed by atoms with Gasteiger partial charge in [0.25, 0.3) is 5.91 Å². The van der Waals surface area contributed by atoms with E-state index in [1.807, 2.05) is 49.4 Å². The molecule has 0 aliphatic rings. The number of amides is 1. The SMILES string of the molecule is CCOc1ccccc1NC(=O)COC(=O)/C=C/c1ccc(OCc2ccccc2Cl)cc1. The summed E-state index contributed by atoms with van der Waals surface area (Å²) in [4.78, 5) is 24.0. The number of benzene rings is 3. The number of carbonyl (C=O) groups is 2. The number of nitrogens with one attached hydrogen (secondary N) is 1. The fraction of sp³-hybridized carbons (Fsp3) is 0.154. The summed E-state index contributed by atoms with van der Waals surface area (Å²) in [6.45, 7) is 2.28. The molecule has 1 N–H and O–H groups in total. The van der Waals surface area contributed by atoms with E-state index >= 15 is 0 Å². The molecule has 3 rings (SSSR count). The number of esters is 1. The van der Waals surface area contributed by atoms with Gasteiger partial charge in [0.1, 0.15) is 18.1 Å². The Morgan fingerprint density at radius 2 is 1.67 bits per heavy atom. The Balaban J connectivity index is 1.44. The highest BCUT2D eigenvalue weighted by Gasteiger charge is 2.09. The van der Waals surface area contributed by atoms with Crippen molar-refractivity contribution in [3.8, 4) is 11.5 Å². The first-order valence-corrected chi connectivity index (χ1v) is 10.8. The van der Waals surface area contributed by atoms with Crippen LogP contribution in [0.1, 0.15) is 18.1 Å². The predicted octanol–water partition coefficient (Wildman–Crippen LogP) is 5.51. The van der Waals surface area contributed by atoms with Crippen LogP contribution in [0.25, 0.3) is 6.08 Å². The van der Waals surface area contributed by atoms with Crippen LogP contribution in [0, 0.1) is 0 Å². The summed E-state index contributed by atoms with van der Waals surface area (Å²) in [5.41, 5.74) is 2.20. The van der Waals surface area contributed by atoms with Gasteiger partial charge < -0.3 is 19.5 Å². The molecule has 0 aliphatic heterocycles. The molecule has 0 radical (unpaired) electrons. The third-order valence-corrected chi connectivity index (χ3v) is 4.82. The molecule has 0 spiro atoms. The molecule has 0 unspecified atom stereocenters. The number of ether oxygens (including phenoxy) is 3. The summed E-state index contributed by atoms with van der Waals surface area (Å²) in [6.07, 6.45) is 2.86. The molecule has 0 aliphatic carbocycles. The normalized spacial score (nSPS) is 10.6. The average molecular weight is 466 g/mol. The Bertz CT molecular complexity index is 1110. The van der Waals surface area contributed by atoms with Crippen LogP contribution < -0.4 is 14.8 Å². The monoisotopic (exact) mass is 465 g/mol. The zero-order valence-electron chi connectivity index (χ0n) is 18.1. The average Bonchev–Trinajstić information content (AvgIpc) is 2.83. The van der Waals surface area contributed by atoms with Crippen molar-refractivity contribution in [2.24, 2.45) is 0 Å². The van der Waals surface area contributed by atoms with Gasteiger partial charge in [0, 0.05) is 16.7 Å². The minimum Gasteiger partial charge on any atom is -0.492 e. The largest absolute Gasteiger partial charge is 0.492 e. The lowest BCUT2D eigenvalue weighted by Gasteiger charge is -2.11. The number of halogens is 1. The molecule has 6 nitrogen and oxygen atoms in total. The van der Waals surface area contributed by atoms with Gasteiger partial charge in [0.15, 0.2) is 6.61 Å². The number of hydrogen-bond donors (Lipinski definition) is 1. The molecule has 0 fully saturated rings. The maximum atomic E-state index is 12.1. The van der Waals surface area contributed by atoms with E-state index in [-0.39, 0.29) is 0 Å². The lowest BCUT2D eigenvalue weighted by atomic mass is 10.2. The van der Waals surface area contributed by atoms with E-state index in [4.69, 9.17) is 25.8 Å². The van der Waals surface area contributed by atoms with Crippen LogP contribution in [-0.2, 0) is 20.9 Å². The number of rotatable bonds is 10. The van der Waals surface area contributed by atoms with Gasteiger partial charge in [-0.05, 0) is 48.9 Å². The van der Waals surface area contributed by atoms with Crippen LogP contribution in [0.5, 0.6) is 11.5 Å². The van der Waals surface area contributed by atoms with E-state index in [9.17, 15) is 9.59 Å². The zero-order valence-corrected chi connectivity index (χ0v) is 18.9. The van der Waals surface area contributed by atoms with Crippen LogP contribution in [0.15, 0.2) is 78.9 Å². The van der Waals surface area contributed by atoms with Crippen LogP contribution in [0.3, 0.4) is 0 Å². The Morgan fingerprint density at radius 1 is 0.939 bits per heavy atom. The number of carbonyl (C=O) groups excluding carboxylic acids is 2. The van der Waals surface area contributed by atoms with Crippen molar-refractivity contribution in [3.05, 3.63) is 95.0 Å². The second-order valence-corrected chi connectivity index (χ2v) is 7.27. The second kappa shape index (κ2) is 12.3. The first-order valence-electron chi connectivity index (χ1n) is 10.4. The fourth-order valence-corrected chi connectivity index (χ4v) is 3.03. The molecular weight excluding hydrogens is 442 g/mol. The first kappa shape index (κ1) is 23.9. The standard InChI is InChI=1S/C26H24ClNO5/c1-2-31-24-10-6-5-9-23(24)28-25(29)18-33-26(30)16-13-19-11-14-21(15-12-19)32-17-20-7-3-4-8-22(20)27/h3-16H,2,17-18H2,1H3,(H,28,29)/b16-13+. The fourth-order valence-electron chi connectivity index (χ4n) is 2.84. The molecule has 0 heterocycles. The van der Waals surface area contributed by atoms with Gasteiger partial charge in [0.2, 0.25) is 0 Å². The molecule has 0 atom stereocenters. The van der Waals surface area contributed by atoms with Crippen molar-refractivity contribution in [2.45, 2.75) is 13.5 Å². The van der Waals surface area contributed by atoms with Crippen LogP contribution in [-0.4, -0.2) is 25.1 Å². The van der Waals surface area contributed by atoms with E-state index in [0.29, 0.717) is 35.4 Å². The van der Waals surface area contributed by atoms with Gasteiger partial charge in [-0.3, -0.25) is 4.79 Å². The molecule has 33 heavy (non-hydrogen) atoms. The zero-order chi connectivity index (χ0) is 23.5. The highest BCUT2D eigenvalue weighted by Crippen LogP contribution is 2.23. The number of para-hydroxylation sites is 2. The van der Waals surface area contributed by atoms with Gasteiger partial charge in [-0.1, -0.05) is 54.1 Å². The lowest BCUT2D eigenvalue weighted by molar-refractivity contribution is -0.142. The molecule has 0 aromatic heterocycles. The van der Waals surface area contributed by atoms with Crippen molar-refractivity contribution in [2.75, 3.05) is 18.5 Å². The number of hydrogen-bond acceptors (Lipinski definition) is 5. The molecule has 3 aromatic carbocycles. The molecule has 7 heteroatoms. The predicted molar refractivity (Wildman–Crippen MR) is 128 cm³/mol. The van der Waals surface area contributed by atoms with Crippen LogP contribution in [0.2, 0.25) is 5.02 Å². The minimum atomic E-state index is -0.623. The summed E-state index contributed by atoms with van der Waals surface area (Å²) in [7, 11) is 0. The Hall–Kier alpha value is -3.77. The smallest absolute Gasteiger partial charge is 0.331 e. The van der Waals surface area contributed by atoms with Crippen molar-refractivity contribution < 1.29 is 23.8 Å². The van der Waals surface area contributed by atoms with Gasteiger partial charge in [0.05, 0.1) is 12.3 Å². The topological polar surface area (TPSA) is 73.9 Å². The van der Waals surface area contributed by atoms with Crippen LogP contribution in [0.4, 0.5) is 5.69 Å². The Labute approximate surface area is 197 Å².